The molecule has 0 saturated carbocycles. The molecule has 0 fully saturated rings. The first-order valence-corrected chi connectivity index (χ1v) is 11.8. The first-order valence-electron chi connectivity index (χ1n) is 10.3. The maximum Gasteiger partial charge on any atom is 0.229 e. The fourth-order valence-corrected chi connectivity index (χ4v) is 4.98. The number of benzene rings is 3. The van der Waals surface area contributed by atoms with Gasteiger partial charge >= 0.3 is 0 Å². The molecule has 0 aliphatic carbocycles. The molecule has 0 amide bonds. The second kappa shape index (κ2) is 8.18. The van der Waals surface area contributed by atoms with Gasteiger partial charge in [0.25, 0.3) is 0 Å². The number of para-hydroxylation sites is 1. The van der Waals surface area contributed by atoms with Gasteiger partial charge < -0.3 is 10.1 Å². The highest BCUT2D eigenvalue weighted by Crippen LogP contribution is 2.30. The zero-order chi connectivity index (χ0) is 23.0. The van der Waals surface area contributed by atoms with Crippen molar-refractivity contribution in [2.75, 3.05) is 12.4 Å². The van der Waals surface area contributed by atoms with Crippen LogP contribution in [0.25, 0.3) is 16.6 Å². The lowest BCUT2D eigenvalue weighted by molar-refractivity contribution is 0.414. The molecular formula is C24H21N5O3S. The standard InChI is InChI=1S/C24H21N5O3S/c1-16(17-12-14-18(32-2)15-13-17)25-22-20-10-6-7-11-21(20)29-23(26-22)24(27-28-29)33(30,31)19-8-4-3-5-9-19/h3-16H,1-2H3,(H,25,26). The maximum absolute atomic E-state index is 13.3. The molecule has 0 spiro atoms. The van der Waals surface area contributed by atoms with Gasteiger partial charge in [0.2, 0.25) is 14.9 Å². The van der Waals surface area contributed by atoms with E-state index in [0.29, 0.717) is 11.3 Å². The van der Waals surface area contributed by atoms with E-state index in [9.17, 15) is 8.42 Å². The number of hydrogen-bond donors (Lipinski definition) is 1. The van der Waals surface area contributed by atoms with Gasteiger partial charge in [-0.2, -0.15) is 4.52 Å². The third kappa shape index (κ3) is 3.66. The molecule has 0 saturated heterocycles. The van der Waals surface area contributed by atoms with E-state index in [2.05, 4.69) is 20.6 Å². The number of nitrogens with one attached hydrogen (secondary N) is 1. The van der Waals surface area contributed by atoms with Crippen molar-refractivity contribution in [2.45, 2.75) is 22.9 Å². The number of aromatic nitrogens is 4. The summed E-state index contributed by atoms with van der Waals surface area (Å²) in [5.41, 5.74) is 1.90. The van der Waals surface area contributed by atoms with Gasteiger partial charge in [-0.15, -0.1) is 5.10 Å². The first-order chi connectivity index (χ1) is 16.0. The number of methoxy groups -OCH3 is 1. The quantitative estimate of drug-likeness (QED) is 0.404. The van der Waals surface area contributed by atoms with E-state index >= 15 is 0 Å². The Bertz CT molecular complexity index is 1550. The second-order valence-electron chi connectivity index (χ2n) is 7.56. The molecule has 9 heteroatoms. The lowest BCUT2D eigenvalue weighted by Crippen LogP contribution is -2.10. The molecule has 33 heavy (non-hydrogen) atoms. The first kappa shape index (κ1) is 20.9. The van der Waals surface area contributed by atoms with E-state index in [4.69, 9.17) is 4.74 Å². The number of rotatable bonds is 6. The topological polar surface area (TPSA) is 98.5 Å². The van der Waals surface area contributed by atoms with Gasteiger partial charge in [-0.25, -0.2) is 13.4 Å². The summed E-state index contributed by atoms with van der Waals surface area (Å²) < 4.78 is 33.3. The van der Waals surface area contributed by atoms with Gasteiger partial charge in [-0.05, 0) is 48.9 Å². The van der Waals surface area contributed by atoms with Crippen molar-refractivity contribution >= 4 is 32.2 Å². The molecule has 166 valence electrons. The Kier molecular flexibility index (Phi) is 5.18. The molecule has 8 nitrogen and oxygen atoms in total. The summed E-state index contributed by atoms with van der Waals surface area (Å²) >= 11 is 0. The summed E-state index contributed by atoms with van der Waals surface area (Å²) in [6.07, 6.45) is 0. The summed E-state index contributed by atoms with van der Waals surface area (Å²) in [5.74, 6) is 1.32. The molecule has 1 unspecified atom stereocenters. The highest BCUT2D eigenvalue weighted by Gasteiger charge is 2.27. The summed E-state index contributed by atoms with van der Waals surface area (Å²) in [7, 11) is -2.27. The van der Waals surface area contributed by atoms with Crippen molar-refractivity contribution in [3.8, 4) is 5.75 Å². The predicted octanol–water partition coefficient (Wildman–Crippen LogP) is 4.29. The van der Waals surface area contributed by atoms with E-state index in [1.165, 1.54) is 16.6 Å². The molecule has 3 aromatic carbocycles. The van der Waals surface area contributed by atoms with E-state index in [0.717, 1.165) is 16.7 Å². The summed E-state index contributed by atoms with van der Waals surface area (Å²) in [4.78, 5) is 4.82. The van der Waals surface area contributed by atoms with Gasteiger partial charge in [0.1, 0.15) is 11.6 Å². The number of fused-ring (bicyclic) bond motifs is 3. The molecule has 0 aliphatic rings. The minimum atomic E-state index is -3.89. The normalized spacial score (nSPS) is 12.7. The van der Waals surface area contributed by atoms with Crippen LogP contribution in [0.4, 0.5) is 5.82 Å². The van der Waals surface area contributed by atoms with Crippen LogP contribution in [-0.4, -0.2) is 35.3 Å². The van der Waals surface area contributed by atoms with Gasteiger partial charge in [0.15, 0.2) is 5.65 Å². The second-order valence-corrected chi connectivity index (χ2v) is 9.43. The number of hydrogen-bond acceptors (Lipinski definition) is 7. The largest absolute Gasteiger partial charge is 0.497 e. The monoisotopic (exact) mass is 459 g/mol. The van der Waals surface area contributed by atoms with Gasteiger partial charge in [-0.3, -0.25) is 0 Å². The fraction of sp³-hybridized carbons (Fsp3) is 0.125. The van der Waals surface area contributed by atoms with Crippen LogP contribution in [0, 0.1) is 0 Å². The fourth-order valence-electron chi connectivity index (χ4n) is 3.72. The third-order valence-corrected chi connectivity index (χ3v) is 7.17. The smallest absolute Gasteiger partial charge is 0.229 e. The van der Waals surface area contributed by atoms with Crippen molar-refractivity contribution < 1.29 is 13.2 Å². The van der Waals surface area contributed by atoms with E-state index in [1.54, 1.807) is 25.3 Å². The Hall–Kier alpha value is -3.98. The Morgan fingerprint density at radius 3 is 2.36 bits per heavy atom. The zero-order valence-corrected chi connectivity index (χ0v) is 18.8. The van der Waals surface area contributed by atoms with Crippen LogP contribution in [0.1, 0.15) is 18.5 Å². The molecule has 0 bridgehead atoms. The third-order valence-electron chi connectivity index (χ3n) is 5.50. The van der Waals surface area contributed by atoms with Gasteiger partial charge in [-0.1, -0.05) is 47.7 Å². The molecule has 0 radical (unpaired) electrons. The van der Waals surface area contributed by atoms with Crippen LogP contribution in [0.5, 0.6) is 5.75 Å². The van der Waals surface area contributed by atoms with Crippen LogP contribution < -0.4 is 10.1 Å². The average Bonchev–Trinajstić information content (AvgIpc) is 3.30. The lowest BCUT2D eigenvalue weighted by Gasteiger charge is -2.17. The van der Waals surface area contributed by atoms with Crippen molar-refractivity contribution in [3.63, 3.8) is 0 Å². The molecule has 2 aromatic heterocycles. The summed E-state index contributed by atoms with van der Waals surface area (Å²) in [5, 5.41) is 12.2. The van der Waals surface area contributed by atoms with Crippen LogP contribution in [0.15, 0.2) is 88.8 Å². The Morgan fingerprint density at radius 1 is 0.939 bits per heavy atom. The molecular weight excluding hydrogens is 438 g/mol. The highest BCUT2D eigenvalue weighted by atomic mass is 32.2. The minimum absolute atomic E-state index is 0.0978. The Morgan fingerprint density at radius 2 is 1.64 bits per heavy atom. The van der Waals surface area contributed by atoms with Crippen molar-refractivity contribution in [1.29, 1.82) is 0 Å². The number of sulfone groups is 1. The number of nitrogens with zero attached hydrogens (tertiary/aromatic N) is 4. The van der Waals surface area contributed by atoms with Crippen molar-refractivity contribution in [2.24, 2.45) is 0 Å². The van der Waals surface area contributed by atoms with Crippen LogP contribution in [-0.2, 0) is 9.84 Å². The minimum Gasteiger partial charge on any atom is -0.497 e. The predicted molar refractivity (Wildman–Crippen MR) is 125 cm³/mol. The molecule has 5 rings (SSSR count). The van der Waals surface area contributed by atoms with E-state index < -0.39 is 9.84 Å². The molecule has 0 aliphatic heterocycles. The molecule has 1 N–H and O–H groups in total. The Balaban J connectivity index is 1.64. The lowest BCUT2D eigenvalue weighted by atomic mass is 10.1. The van der Waals surface area contributed by atoms with Crippen molar-refractivity contribution in [1.82, 2.24) is 19.8 Å². The van der Waals surface area contributed by atoms with Crippen LogP contribution in [0.3, 0.4) is 0 Å². The van der Waals surface area contributed by atoms with E-state index in [1.807, 2.05) is 55.5 Å². The summed E-state index contributed by atoms with van der Waals surface area (Å²) in [6, 6.07) is 23.4. The highest BCUT2D eigenvalue weighted by molar-refractivity contribution is 7.91. The van der Waals surface area contributed by atoms with Crippen molar-refractivity contribution in [3.05, 3.63) is 84.4 Å². The van der Waals surface area contributed by atoms with Crippen LogP contribution >= 0.6 is 0 Å². The molecule has 1 atom stereocenters. The molecule has 5 aromatic rings. The SMILES string of the molecule is COc1ccc(C(C)Nc2nc3c(S(=O)(=O)c4ccccc4)nnn3c3ccccc23)cc1. The number of anilines is 1. The van der Waals surface area contributed by atoms with Crippen LogP contribution in [0.2, 0.25) is 0 Å². The Labute approximate surface area is 190 Å². The van der Waals surface area contributed by atoms with Gasteiger partial charge in [0, 0.05) is 11.4 Å². The van der Waals surface area contributed by atoms with Gasteiger partial charge in [0.05, 0.1) is 17.5 Å². The number of ether oxygens (including phenoxy) is 1. The molecule has 2 heterocycles. The van der Waals surface area contributed by atoms with E-state index in [-0.39, 0.29) is 21.6 Å². The maximum atomic E-state index is 13.3. The average molecular weight is 460 g/mol. The summed E-state index contributed by atoms with van der Waals surface area (Å²) in [6.45, 7) is 2.01. The zero-order valence-electron chi connectivity index (χ0n) is 18.0.